The molecule has 0 amide bonds. The largest absolute Gasteiger partial charge is 0.423 e. The minimum Gasteiger partial charge on any atom is -0.423 e. The van der Waals surface area contributed by atoms with Gasteiger partial charge in [0.15, 0.2) is 11.5 Å². The topological polar surface area (TPSA) is 52.6 Å². The van der Waals surface area contributed by atoms with Gasteiger partial charge in [0.05, 0.1) is 0 Å². The number of alkyl halides is 1. The van der Waals surface area contributed by atoms with Crippen LogP contribution in [0.4, 0.5) is 0 Å². The SMILES string of the molecule is CC(=O)Oc1ccc2cc(CCCBr)ccc2c1OC(C)=O. The number of aryl methyl sites for hydroxylation is 1. The maximum absolute atomic E-state index is 11.3. The lowest BCUT2D eigenvalue weighted by Gasteiger charge is -2.12. The van der Waals surface area contributed by atoms with Crippen molar-refractivity contribution in [1.82, 2.24) is 0 Å². The van der Waals surface area contributed by atoms with Gasteiger partial charge in [0, 0.05) is 24.6 Å². The summed E-state index contributed by atoms with van der Waals surface area (Å²) in [6, 6.07) is 9.46. The van der Waals surface area contributed by atoms with E-state index < -0.39 is 11.9 Å². The van der Waals surface area contributed by atoms with Crippen LogP contribution >= 0.6 is 15.9 Å². The Morgan fingerprint density at radius 3 is 2.41 bits per heavy atom. The standard InChI is InChI=1S/C17H17BrO4/c1-11(19)21-16-8-6-14-10-13(4-3-9-18)5-7-15(14)17(16)22-12(2)20/h5-8,10H,3-4,9H2,1-2H3. The molecule has 0 aliphatic rings. The lowest BCUT2D eigenvalue weighted by atomic mass is 10.0. The van der Waals surface area contributed by atoms with E-state index in [1.807, 2.05) is 18.2 Å². The maximum atomic E-state index is 11.3. The van der Waals surface area contributed by atoms with Crippen LogP contribution in [0.3, 0.4) is 0 Å². The summed E-state index contributed by atoms with van der Waals surface area (Å²) in [7, 11) is 0. The molecule has 2 aromatic rings. The first kappa shape index (κ1) is 16.5. The van der Waals surface area contributed by atoms with Crippen LogP contribution in [0.25, 0.3) is 10.8 Å². The second-order valence-corrected chi connectivity index (χ2v) is 5.72. The minimum absolute atomic E-state index is 0.253. The third-order valence-electron chi connectivity index (χ3n) is 3.10. The van der Waals surface area contributed by atoms with Crippen LogP contribution in [-0.4, -0.2) is 17.3 Å². The van der Waals surface area contributed by atoms with E-state index in [2.05, 4.69) is 22.0 Å². The quantitative estimate of drug-likeness (QED) is 0.456. The van der Waals surface area contributed by atoms with Crippen molar-refractivity contribution < 1.29 is 19.1 Å². The van der Waals surface area contributed by atoms with Crippen molar-refractivity contribution in [1.29, 1.82) is 0 Å². The lowest BCUT2D eigenvalue weighted by Crippen LogP contribution is -2.07. The van der Waals surface area contributed by atoms with E-state index in [0.717, 1.165) is 28.9 Å². The van der Waals surface area contributed by atoms with Crippen LogP contribution in [0.5, 0.6) is 11.5 Å². The molecule has 2 rings (SSSR count). The Morgan fingerprint density at radius 2 is 1.77 bits per heavy atom. The molecule has 0 aromatic heterocycles. The van der Waals surface area contributed by atoms with Gasteiger partial charge < -0.3 is 9.47 Å². The van der Waals surface area contributed by atoms with E-state index in [0.29, 0.717) is 0 Å². The van der Waals surface area contributed by atoms with Crippen LogP contribution in [0.2, 0.25) is 0 Å². The predicted molar refractivity (Wildman–Crippen MR) is 88.7 cm³/mol. The van der Waals surface area contributed by atoms with Gasteiger partial charge in [0.25, 0.3) is 0 Å². The average Bonchev–Trinajstić information content (AvgIpc) is 2.46. The molecule has 0 aliphatic carbocycles. The normalized spacial score (nSPS) is 10.5. The van der Waals surface area contributed by atoms with Gasteiger partial charge in [-0.25, -0.2) is 0 Å². The summed E-state index contributed by atoms with van der Waals surface area (Å²) in [4.78, 5) is 22.5. The highest BCUT2D eigenvalue weighted by Gasteiger charge is 2.14. The molecule has 0 N–H and O–H groups in total. The summed E-state index contributed by atoms with van der Waals surface area (Å²) in [6.45, 7) is 2.63. The van der Waals surface area contributed by atoms with Gasteiger partial charge in [-0.3, -0.25) is 9.59 Å². The molecule has 0 saturated heterocycles. The number of hydrogen-bond donors (Lipinski definition) is 0. The lowest BCUT2D eigenvalue weighted by molar-refractivity contribution is -0.134. The fourth-order valence-electron chi connectivity index (χ4n) is 2.24. The van der Waals surface area contributed by atoms with E-state index in [4.69, 9.17) is 9.47 Å². The van der Waals surface area contributed by atoms with E-state index in [1.165, 1.54) is 19.4 Å². The Kier molecular flexibility index (Phi) is 5.55. The fraction of sp³-hybridized carbons (Fsp3) is 0.294. The zero-order chi connectivity index (χ0) is 16.1. The summed E-state index contributed by atoms with van der Waals surface area (Å²) >= 11 is 3.42. The molecule has 0 atom stereocenters. The highest BCUT2D eigenvalue weighted by atomic mass is 79.9. The van der Waals surface area contributed by atoms with E-state index in [1.54, 1.807) is 6.07 Å². The van der Waals surface area contributed by atoms with Crippen LogP contribution in [0, 0.1) is 0 Å². The smallest absolute Gasteiger partial charge is 0.308 e. The number of hydrogen-bond acceptors (Lipinski definition) is 4. The number of ether oxygens (including phenoxy) is 2. The van der Waals surface area contributed by atoms with Crippen LogP contribution < -0.4 is 9.47 Å². The Morgan fingerprint density at radius 1 is 1.05 bits per heavy atom. The van der Waals surface area contributed by atoms with Crippen molar-refractivity contribution >= 4 is 38.6 Å². The molecule has 0 bridgehead atoms. The molecular weight excluding hydrogens is 348 g/mol. The molecule has 0 aliphatic heterocycles. The van der Waals surface area contributed by atoms with Gasteiger partial charge >= 0.3 is 11.9 Å². The van der Waals surface area contributed by atoms with E-state index in [-0.39, 0.29) is 11.5 Å². The zero-order valence-corrected chi connectivity index (χ0v) is 14.1. The van der Waals surface area contributed by atoms with Gasteiger partial charge in [-0.05, 0) is 29.9 Å². The van der Waals surface area contributed by atoms with Crippen LogP contribution in [0.15, 0.2) is 30.3 Å². The summed E-state index contributed by atoms with van der Waals surface area (Å²) in [6.07, 6.45) is 2.02. The van der Waals surface area contributed by atoms with E-state index >= 15 is 0 Å². The van der Waals surface area contributed by atoms with Gasteiger partial charge in [0.1, 0.15) is 0 Å². The summed E-state index contributed by atoms with van der Waals surface area (Å²) in [5.74, 6) is -0.374. The first-order chi connectivity index (χ1) is 10.5. The van der Waals surface area contributed by atoms with Gasteiger partial charge in [0.2, 0.25) is 0 Å². The molecule has 4 nitrogen and oxygen atoms in total. The number of carbonyl (C=O) groups excluding carboxylic acids is 2. The molecule has 2 aromatic carbocycles. The van der Waals surface area contributed by atoms with Crippen molar-refractivity contribution in [3.63, 3.8) is 0 Å². The molecule has 0 radical (unpaired) electrons. The highest BCUT2D eigenvalue weighted by molar-refractivity contribution is 9.09. The number of carbonyl (C=O) groups is 2. The third kappa shape index (κ3) is 4.07. The number of halogens is 1. The Bertz CT molecular complexity index is 709. The highest BCUT2D eigenvalue weighted by Crippen LogP contribution is 2.36. The molecule has 116 valence electrons. The van der Waals surface area contributed by atoms with Crippen LogP contribution in [0.1, 0.15) is 25.8 Å². The van der Waals surface area contributed by atoms with E-state index in [9.17, 15) is 9.59 Å². The summed E-state index contributed by atoms with van der Waals surface area (Å²) in [5.41, 5.74) is 1.21. The van der Waals surface area contributed by atoms with Crippen molar-refractivity contribution in [3.05, 3.63) is 35.9 Å². The second kappa shape index (κ2) is 7.40. The molecule has 22 heavy (non-hydrogen) atoms. The molecule has 0 fully saturated rings. The Labute approximate surface area is 137 Å². The first-order valence-corrected chi connectivity index (χ1v) is 8.12. The molecule has 5 heteroatoms. The number of benzene rings is 2. The first-order valence-electron chi connectivity index (χ1n) is 6.99. The molecular formula is C17H17BrO4. The third-order valence-corrected chi connectivity index (χ3v) is 3.66. The zero-order valence-electron chi connectivity index (χ0n) is 12.5. The van der Waals surface area contributed by atoms with Crippen molar-refractivity contribution in [2.75, 3.05) is 5.33 Å². The molecule has 0 heterocycles. The Balaban J connectivity index is 2.50. The summed E-state index contributed by atoms with van der Waals surface area (Å²) < 4.78 is 10.4. The van der Waals surface area contributed by atoms with Crippen molar-refractivity contribution in [3.8, 4) is 11.5 Å². The molecule has 0 saturated carbocycles. The predicted octanol–water partition coefficient (Wildman–Crippen LogP) is 4.02. The minimum atomic E-state index is -0.457. The second-order valence-electron chi connectivity index (χ2n) is 4.93. The summed E-state index contributed by atoms with van der Waals surface area (Å²) in [5, 5.41) is 2.64. The molecule has 0 unspecified atom stereocenters. The number of rotatable bonds is 5. The Hall–Kier alpha value is -1.88. The van der Waals surface area contributed by atoms with Crippen LogP contribution in [-0.2, 0) is 16.0 Å². The number of esters is 2. The number of fused-ring (bicyclic) bond motifs is 1. The van der Waals surface area contributed by atoms with Gasteiger partial charge in [-0.15, -0.1) is 0 Å². The molecule has 0 spiro atoms. The maximum Gasteiger partial charge on any atom is 0.308 e. The fourth-order valence-corrected chi connectivity index (χ4v) is 2.52. The van der Waals surface area contributed by atoms with Crippen molar-refractivity contribution in [2.45, 2.75) is 26.7 Å². The van der Waals surface area contributed by atoms with Gasteiger partial charge in [-0.2, -0.15) is 0 Å². The van der Waals surface area contributed by atoms with Crippen molar-refractivity contribution in [2.24, 2.45) is 0 Å². The average molecular weight is 365 g/mol. The monoisotopic (exact) mass is 364 g/mol. The van der Waals surface area contributed by atoms with Gasteiger partial charge in [-0.1, -0.05) is 40.2 Å².